The lowest BCUT2D eigenvalue weighted by molar-refractivity contribution is 0.0925. The Morgan fingerprint density at radius 3 is 2.96 bits per heavy atom. The predicted molar refractivity (Wildman–Crippen MR) is 109 cm³/mol. The zero-order valence-corrected chi connectivity index (χ0v) is 16.9. The Morgan fingerprint density at radius 2 is 2.29 bits per heavy atom. The number of furan rings is 1. The highest BCUT2D eigenvalue weighted by atomic mass is 16.3. The van der Waals surface area contributed by atoms with Gasteiger partial charge in [-0.1, -0.05) is 0 Å². The summed E-state index contributed by atoms with van der Waals surface area (Å²) in [6.45, 7) is 7.94. The fraction of sp³-hybridized carbons (Fsp3) is 0.550. The van der Waals surface area contributed by atoms with Crippen LogP contribution >= 0.6 is 0 Å². The van der Waals surface area contributed by atoms with Crippen molar-refractivity contribution < 1.29 is 9.21 Å². The normalized spacial score (nSPS) is 17.2. The Morgan fingerprint density at radius 1 is 1.43 bits per heavy atom. The number of aromatic nitrogens is 2. The number of nitrogens with zero attached hydrogens (tertiary/aromatic N) is 4. The largest absolute Gasteiger partial charge is 0.459 e. The van der Waals surface area contributed by atoms with Crippen LogP contribution in [0.4, 0.5) is 0 Å². The fourth-order valence-corrected chi connectivity index (χ4v) is 3.45. The Hall–Kier alpha value is -2.77. The first-order valence-corrected chi connectivity index (χ1v) is 9.92. The van der Waals surface area contributed by atoms with Crippen molar-refractivity contribution >= 4 is 11.9 Å². The van der Waals surface area contributed by atoms with E-state index in [4.69, 9.17) is 9.41 Å². The summed E-state index contributed by atoms with van der Waals surface area (Å²) in [6.07, 6.45) is 7.48. The highest BCUT2D eigenvalue weighted by Gasteiger charge is 2.26. The molecule has 1 saturated heterocycles. The van der Waals surface area contributed by atoms with Crippen molar-refractivity contribution in [3.63, 3.8) is 0 Å². The van der Waals surface area contributed by atoms with E-state index in [9.17, 15) is 4.79 Å². The summed E-state index contributed by atoms with van der Waals surface area (Å²) < 4.78 is 7.06. The highest BCUT2D eigenvalue weighted by Crippen LogP contribution is 2.26. The van der Waals surface area contributed by atoms with Crippen LogP contribution in [0.25, 0.3) is 0 Å². The number of hydrogen-bond acceptors (Lipinski definition) is 4. The quantitative estimate of drug-likeness (QED) is 0.431. The van der Waals surface area contributed by atoms with E-state index in [0.717, 1.165) is 44.0 Å². The number of aliphatic imine (C=N–C) groups is 1. The molecule has 0 bridgehead atoms. The van der Waals surface area contributed by atoms with E-state index >= 15 is 0 Å². The second kappa shape index (κ2) is 9.43. The summed E-state index contributed by atoms with van der Waals surface area (Å²) in [6, 6.07) is 1.79. The van der Waals surface area contributed by atoms with E-state index < -0.39 is 0 Å². The Labute approximate surface area is 166 Å². The Kier molecular flexibility index (Phi) is 6.73. The second-order valence-corrected chi connectivity index (χ2v) is 7.16. The fourth-order valence-electron chi connectivity index (χ4n) is 3.45. The number of hydrogen-bond donors (Lipinski definition) is 2. The van der Waals surface area contributed by atoms with Gasteiger partial charge in [0.05, 0.1) is 12.5 Å². The average molecular weight is 387 g/mol. The minimum Gasteiger partial charge on any atom is -0.459 e. The van der Waals surface area contributed by atoms with Gasteiger partial charge in [0.25, 0.3) is 5.91 Å². The number of amides is 1. The molecule has 1 fully saturated rings. The molecule has 1 unspecified atom stereocenters. The van der Waals surface area contributed by atoms with Crippen LogP contribution < -0.4 is 10.6 Å². The molecule has 0 spiro atoms. The van der Waals surface area contributed by atoms with E-state index in [2.05, 4.69) is 33.8 Å². The molecular formula is C20H30N6O2. The molecule has 1 aliphatic heterocycles. The van der Waals surface area contributed by atoms with E-state index in [1.165, 1.54) is 11.8 Å². The smallest absolute Gasteiger partial charge is 0.287 e. The summed E-state index contributed by atoms with van der Waals surface area (Å²) in [5.74, 6) is 1.66. The summed E-state index contributed by atoms with van der Waals surface area (Å²) in [4.78, 5) is 19.1. The molecule has 2 aromatic rings. The first-order chi connectivity index (χ1) is 13.6. The van der Waals surface area contributed by atoms with Crippen LogP contribution in [0.15, 0.2) is 34.1 Å². The zero-order valence-electron chi connectivity index (χ0n) is 16.9. The Balaban J connectivity index is 1.46. The summed E-state index contributed by atoms with van der Waals surface area (Å²) >= 11 is 0. The van der Waals surface area contributed by atoms with Crippen LogP contribution in [0.5, 0.6) is 0 Å². The van der Waals surface area contributed by atoms with Gasteiger partial charge in [-0.15, -0.1) is 0 Å². The number of aryl methyl sites for hydroxylation is 2. The summed E-state index contributed by atoms with van der Waals surface area (Å²) in [5.41, 5.74) is 2.14. The number of carbonyl (C=O) groups is 1. The van der Waals surface area contributed by atoms with Crippen molar-refractivity contribution in [3.8, 4) is 0 Å². The molecule has 2 N–H and O–H groups in total. The average Bonchev–Trinajstić information content (AvgIpc) is 3.41. The van der Waals surface area contributed by atoms with Crippen molar-refractivity contribution in [2.75, 3.05) is 32.7 Å². The zero-order chi connectivity index (χ0) is 19.9. The standard InChI is InChI=1S/C20H30N6O2/c1-4-21-20(26-10-6-16(14-26)17-12-24-25(3)13-17)23-9-5-8-22-19(27)18-15(2)7-11-28-18/h7,11-13,16H,4-6,8-10,14H2,1-3H3,(H,21,23)(H,22,27). The van der Waals surface area contributed by atoms with Crippen LogP contribution in [0.1, 0.15) is 47.4 Å². The van der Waals surface area contributed by atoms with Gasteiger partial charge in [0, 0.05) is 57.4 Å². The molecule has 3 heterocycles. The van der Waals surface area contributed by atoms with Gasteiger partial charge in [-0.2, -0.15) is 5.10 Å². The van der Waals surface area contributed by atoms with Crippen LogP contribution in [0, 0.1) is 6.92 Å². The van der Waals surface area contributed by atoms with Crippen LogP contribution in [0.2, 0.25) is 0 Å². The molecule has 0 saturated carbocycles. The van der Waals surface area contributed by atoms with Crippen molar-refractivity contribution in [2.24, 2.45) is 12.0 Å². The number of guanidine groups is 1. The molecule has 1 aliphatic rings. The van der Waals surface area contributed by atoms with Gasteiger partial charge in [0.2, 0.25) is 0 Å². The third-order valence-electron chi connectivity index (χ3n) is 4.97. The van der Waals surface area contributed by atoms with Crippen molar-refractivity contribution in [1.82, 2.24) is 25.3 Å². The second-order valence-electron chi connectivity index (χ2n) is 7.16. The molecule has 8 nitrogen and oxygen atoms in total. The topological polar surface area (TPSA) is 87.7 Å². The number of likely N-dealkylation sites (tertiary alicyclic amines) is 1. The molecule has 2 aromatic heterocycles. The summed E-state index contributed by atoms with van der Waals surface area (Å²) in [5, 5.41) is 10.6. The van der Waals surface area contributed by atoms with E-state index in [1.807, 2.05) is 24.9 Å². The maximum Gasteiger partial charge on any atom is 0.287 e. The number of carbonyl (C=O) groups excluding carboxylic acids is 1. The van der Waals surface area contributed by atoms with Gasteiger partial charge in [-0.05, 0) is 38.3 Å². The van der Waals surface area contributed by atoms with Crippen molar-refractivity contribution in [1.29, 1.82) is 0 Å². The molecule has 0 aliphatic carbocycles. The first-order valence-electron chi connectivity index (χ1n) is 9.92. The number of nitrogens with one attached hydrogen (secondary N) is 2. The van der Waals surface area contributed by atoms with Crippen molar-refractivity contribution in [2.45, 2.75) is 32.6 Å². The van der Waals surface area contributed by atoms with Gasteiger partial charge in [0.15, 0.2) is 11.7 Å². The lowest BCUT2D eigenvalue weighted by atomic mass is 10.0. The number of rotatable bonds is 7. The molecule has 1 amide bonds. The van der Waals surface area contributed by atoms with Crippen LogP contribution in [-0.4, -0.2) is 59.3 Å². The van der Waals surface area contributed by atoms with Crippen LogP contribution in [-0.2, 0) is 7.05 Å². The van der Waals surface area contributed by atoms with Gasteiger partial charge in [0.1, 0.15) is 0 Å². The molecule has 1 atom stereocenters. The van der Waals surface area contributed by atoms with Crippen LogP contribution in [0.3, 0.4) is 0 Å². The lowest BCUT2D eigenvalue weighted by Gasteiger charge is -2.21. The Bertz CT molecular complexity index is 809. The first kappa shape index (κ1) is 20.0. The summed E-state index contributed by atoms with van der Waals surface area (Å²) in [7, 11) is 1.95. The van der Waals surface area contributed by atoms with Gasteiger partial charge >= 0.3 is 0 Å². The third-order valence-corrected chi connectivity index (χ3v) is 4.97. The molecule has 0 aromatic carbocycles. The minimum absolute atomic E-state index is 0.169. The lowest BCUT2D eigenvalue weighted by Crippen LogP contribution is -2.40. The van der Waals surface area contributed by atoms with Gasteiger partial charge in [-0.3, -0.25) is 14.5 Å². The van der Waals surface area contributed by atoms with Gasteiger partial charge in [-0.25, -0.2) is 0 Å². The maximum absolute atomic E-state index is 12.0. The molecule has 0 radical (unpaired) electrons. The van der Waals surface area contributed by atoms with Gasteiger partial charge < -0.3 is 20.0 Å². The third kappa shape index (κ3) is 4.94. The minimum atomic E-state index is -0.169. The molecule has 3 rings (SSSR count). The van der Waals surface area contributed by atoms with E-state index in [1.54, 1.807) is 6.07 Å². The molecule has 28 heavy (non-hydrogen) atoms. The van der Waals surface area contributed by atoms with E-state index in [-0.39, 0.29) is 5.91 Å². The molecule has 8 heteroatoms. The predicted octanol–water partition coefficient (Wildman–Crippen LogP) is 1.90. The maximum atomic E-state index is 12.0. The SMILES string of the molecule is CCNC(=NCCCNC(=O)c1occc1C)N1CCC(c2cnn(C)c2)C1. The monoisotopic (exact) mass is 386 g/mol. The molecule has 152 valence electrons. The highest BCUT2D eigenvalue weighted by molar-refractivity contribution is 5.92. The van der Waals surface area contributed by atoms with Crippen molar-refractivity contribution in [3.05, 3.63) is 41.6 Å². The molecular weight excluding hydrogens is 356 g/mol. The van der Waals surface area contributed by atoms with E-state index in [0.29, 0.717) is 24.8 Å².